The molecule has 2 amide bonds. The van der Waals surface area contributed by atoms with Gasteiger partial charge in [-0.3, -0.25) is 14.6 Å². The number of aliphatic imine (C=N–C) groups is 1. The number of anilines is 1. The van der Waals surface area contributed by atoms with Crippen LogP contribution >= 0.6 is 0 Å². The van der Waals surface area contributed by atoms with Crippen LogP contribution in [0, 0.1) is 5.82 Å². The number of nitrogens with zero attached hydrogens (tertiary/aromatic N) is 1. The van der Waals surface area contributed by atoms with Gasteiger partial charge < -0.3 is 15.6 Å². The molecule has 4 aromatic rings. The second kappa shape index (κ2) is 8.11. The van der Waals surface area contributed by atoms with E-state index in [0.717, 1.165) is 10.9 Å². The van der Waals surface area contributed by atoms with Crippen LogP contribution in [0.3, 0.4) is 0 Å². The van der Waals surface area contributed by atoms with E-state index in [1.165, 1.54) is 6.07 Å². The summed E-state index contributed by atoms with van der Waals surface area (Å²) in [6.45, 7) is 0. The van der Waals surface area contributed by atoms with Crippen LogP contribution in [0.25, 0.3) is 10.9 Å². The average molecular weight is 426 g/mol. The molecule has 6 nitrogen and oxygen atoms in total. The number of aromatic nitrogens is 1. The molecule has 7 heteroatoms. The molecular weight excluding hydrogens is 407 g/mol. The standard InChI is InChI=1S/C25H19FN4O2/c26-18-10-4-2-8-16(18)22-17-9-3-6-12-20(17)29-25(32)24(30-22)23(27-14-31)21-13-15-7-1-5-11-19(15)28-21/h1-14,23-24,28H,(H,27,31)(H,29,32)/t23?,24-/m0/s1. The number of hydrogen-bond donors (Lipinski definition) is 3. The number of halogens is 1. The fourth-order valence-electron chi connectivity index (χ4n) is 4.05. The number of carbonyl (C=O) groups excluding carboxylic acids is 2. The van der Waals surface area contributed by atoms with Gasteiger partial charge >= 0.3 is 0 Å². The Morgan fingerprint density at radius 2 is 1.69 bits per heavy atom. The maximum atomic E-state index is 14.8. The van der Waals surface area contributed by atoms with E-state index in [9.17, 15) is 14.0 Å². The molecule has 0 radical (unpaired) electrons. The van der Waals surface area contributed by atoms with Crippen molar-refractivity contribution in [2.75, 3.05) is 5.32 Å². The maximum Gasteiger partial charge on any atom is 0.251 e. The number of para-hydroxylation sites is 2. The van der Waals surface area contributed by atoms with Crippen LogP contribution in [-0.4, -0.2) is 29.1 Å². The fraction of sp³-hybridized carbons (Fsp3) is 0.0800. The molecule has 32 heavy (non-hydrogen) atoms. The summed E-state index contributed by atoms with van der Waals surface area (Å²) in [5.74, 6) is -0.846. The van der Waals surface area contributed by atoms with Gasteiger partial charge in [0.1, 0.15) is 11.9 Å². The van der Waals surface area contributed by atoms with E-state index in [1.807, 2.05) is 30.3 Å². The molecule has 1 unspecified atom stereocenters. The molecule has 3 aromatic carbocycles. The summed E-state index contributed by atoms with van der Waals surface area (Å²) in [6, 6.07) is 21.1. The van der Waals surface area contributed by atoms with Crippen LogP contribution in [0.15, 0.2) is 83.9 Å². The third kappa shape index (κ3) is 3.43. The first-order chi connectivity index (χ1) is 15.7. The lowest BCUT2D eigenvalue weighted by molar-refractivity contribution is -0.118. The van der Waals surface area contributed by atoms with Crippen LogP contribution in [-0.2, 0) is 9.59 Å². The van der Waals surface area contributed by atoms with Gasteiger partial charge in [0.2, 0.25) is 6.41 Å². The highest BCUT2D eigenvalue weighted by Crippen LogP contribution is 2.30. The average Bonchev–Trinajstić information content (AvgIpc) is 3.18. The number of aromatic amines is 1. The van der Waals surface area contributed by atoms with E-state index in [0.29, 0.717) is 29.1 Å². The van der Waals surface area contributed by atoms with Gasteiger partial charge in [0.15, 0.2) is 6.04 Å². The van der Waals surface area contributed by atoms with Crippen molar-refractivity contribution in [1.29, 1.82) is 0 Å². The maximum absolute atomic E-state index is 14.8. The Hall–Kier alpha value is -4.26. The van der Waals surface area contributed by atoms with Crippen molar-refractivity contribution < 1.29 is 14.0 Å². The molecule has 1 aliphatic rings. The number of benzodiazepines with no additional fused rings is 1. The lowest BCUT2D eigenvalue weighted by Gasteiger charge is -2.21. The third-order valence-corrected chi connectivity index (χ3v) is 5.56. The van der Waals surface area contributed by atoms with Crippen molar-refractivity contribution in [1.82, 2.24) is 10.3 Å². The molecule has 2 heterocycles. The zero-order valence-electron chi connectivity index (χ0n) is 16.9. The second-order valence-electron chi connectivity index (χ2n) is 7.51. The lowest BCUT2D eigenvalue weighted by Crippen LogP contribution is -2.39. The fourth-order valence-corrected chi connectivity index (χ4v) is 4.05. The van der Waals surface area contributed by atoms with Crippen molar-refractivity contribution in [2.45, 2.75) is 12.1 Å². The Morgan fingerprint density at radius 3 is 2.47 bits per heavy atom. The van der Waals surface area contributed by atoms with Crippen LogP contribution in [0.4, 0.5) is 10.1 Å². The zero-order chi connectivity index (χ0) is 22.1. The molecule has 0 fully saturated rings. The minimum Gasteiger partial charge on any atom is -0.357 e. The molecule has 2 atom stereocenters. The van der Waals surface area contributed by atoms with Gasteiger partial charge in [-0.15, -0.1) is 0 Å². The van der Waals surface area contributed by atoms with E-state index in [-0.39, 0.29) is 5.56 Å². The summed E-state index contributed by atoms with van der Waals surface area (Å²) in [6.07, 6.45) is 0.541. The van der Waals surface area contributed by atoms with Crippen LogP contribution in [0.5, 0.6) is 0 Å². The first-order valence-corrected chi connectivity index (χ1v) is 10.2. The molecule has 0 bridgehead atoms. The summed E-state index contributed by atoms with van der Waals surface area (Å²) in [5, 5.41) is 6.56. The number of H-pyrrole nitrogens is 1. The predicted molar refractivity (Wildman–Crippen MR) is 121 cm³/mol. The van der Waals surface area contributed by atoms with Crippen molar-refractivity contribution in [2.24, 2.45) is 4.99 Å². The van der Waals surface area contributed by atoms with Crippen molar-refractivity contribution >= 4 is 34.6 Å². The van der Waals surface area contributed by atoms with Crippen LogP contribution < -0.4 is 10.6 Å². The van der Waals surface area contributed by atoms with Gasteiger partial charge in [0.05, 0.1) is 11.4 Å². The van der Waals surface area contributed by atoms with Gasteiger partial charge in [-0.25, -0.2) is 4.39 Å². The molecular formula is C25H19FN4O2. The van der Waals surface area contributed by atoms with Crippen molar-refractivity contribution in [3.8, 4) is 0 Å². The molecule has 158 valence electrons. The number of hydrogen-bond acceptors (Lipinski definition) is 3. The van der Waals surface area contributed by atoms with Gasteiger partial charge in [0.25, 0.3) is 5.91 Å². The smallest absolute Gasteiger partial charge is 0.251 e. The SMILES string of the molecule is O=CNC(c1cc2ccccc2[nH]1)[C@@H]1N=C(c2ccccc2F)c2ccccc2NC1=O. The largest absolute Gasteiger partial charge is 0.357 e. The molecule has 3 N–H and O–H groups in total. The van der Waals surface area contributed by atoms with Gasteiger partial charge in [-0.1, -0.05) is 48.5 Å². The number of carbonyl (C=O) groups is 2. The summed E-state index contributed by atoms with van der Waals surface area (Å²) < 4.78 is 14.8. The predicted octanol–water partition coefficient (Wildman–Crippen LogP) is 3.95. The Kier molecular flexibility index (Phi) is 4.99. The Bertz CT molecular complexity index is 1330. The highest BCUT2D eigenvalue weighted by molar-refractivity contribution is 6.19. The minimum atomic E-state index is -1.03. The summed E-state index contributed by atoms with van der Waals surface area (Å²) in [7, 11) is 0. The van der Waals surface area contributed by atoms with E-state index in [1.54, 1.807) is 42.5 Å². The Balaban J connectivity index is 1.69. The van der Waals surface area contributed by atoms with E-state index < -0.39 is 23.8 Å². The first-order valence-electron chi connectivity index (χ1n) is 10.2. The molecule has 0 saturated carbocycles. The number of benzene rings is 3. The monoisotopic (exact) mass is 426 g/mol. The third-order valence-electron chi connectivity index (χ3n) is 5.56. The second-order valence-corrected chi connectivity index (χ2v) is 7.51. The van der Waals surface area contributed by atoms with Gasteiger partial charge in [0, 0.05) is 22.3 Å². The first kappa shape index (κ1) is 19.7. The molecule has 0 aliphatic carbocycles. The zero-order valence-corrected chi connectivity index (χ0v) is 16.9. The van der Waals surface area contributed by atoms with E-state index >= 15 is 0 Å². The Morgan fingerprint density at radius 1 is 0.969 bits per heavy atom. The summed E-state index contributed by atoms with van der Waals surface area (Å²) in [4.78, 5) is 32.7. The quantitative estimate of drug-likeness (QED) is 0.422. The molecule has 1 aliphatic heterocycles. The highest BCUT2D eigenvalue weighted by Gasteiger charge is 2.34. The molecule has 1 aromatic heterocycles. The Labute approximate surface area is 183 Å². The number of fused-ring (bicyclic) bond motifs is 2. The topological polar surface area (TPSA) is 86.3 Å². The lowest BCUT2D eigenvalue weighted by atomic mass is 9.99. The summed E-state index contributed by atoms with van der Waals surface area (Å²) >= 11 is 0. The van der Waals surface area contributed by atoms with Gasteiger partial charge in [-0.05, 0) is 35.7 Å². The number of nitrogens with one attached hydrogen (secondary N) is 3. The normalized spacial score (nSPS) is 16.5. The molecule has 5 rings (SSSR count). The highest BCUT2D eigenvalue weighted by atomic mass is 19.1. The van der Waals surface area contributed by atoms with Gasteiger partial charge in [-0.2, -0.15) is 0 Å². The molecule has 0 spiro atoms. The van der Waals surface area contributed by atoms with Crippen molar-refractivity contribution in [3.05, 3.63) is 102 Å². The van der Waals surface area contributed by atoms with E-state index in [2.05, 4.69) is 15.6 Å². The van der Waals surface area contributed by atoms with Crippen LogP contribution in [0.2, 0.25) is 0 Å². The summed E-state index contributed by atoms with van der Waals surface area (Å²) in [5.41, 5.74) is 3.26. The van der Waals surface area contributed by atoms with Crippen LogP contribution in [0.1, 0.15) is 22.9 Å². The minimum absolute atomic E-state index is 0.281. The molecule has 0 saturated heterocycles. The van der Waals surface area contributed by atoms with Crippen molar-refractivity contribution in [3.63, 3.8) is 0 Å². The number of rotatable bonds is 5. The number of amides is 2. The van der Waals surface area contributed by atoms with E-state index in [4.69, 9.17) is 4.99 Å².